The lowest BCUT2D eigenvalue weighted by molar-refractivity contribution is 0.475. The van der Waals surface area contributed by atoms with E-state index in [0.717, 1.165) is 6.07 Å². The minimum atomic E-state index is -4.07. The average molecular weight is 345 g/mol. The third-order valence-electron chi connectivity index (χ3n) is 3.13. The topological polar surface area (TPSA) is 92.2 Å². The van der Waals surface area contributed by atoms with E-state index in [1.165, 1.54) is 42.7 Å². The molecule has 0 bridgehead atoms. The van der Waals surface area contributed by atoms with Crippen LogP contribution in [0, 0.1) is 5.82 Å². The lowest BCUT2D eigenvalue weighted by Crippen LogP contribution is -2.14. The van der Waals surface area contributed by atoms with Crippen molar-refractivity contribution in [3.05, 3.63) is 66.7 Å². The van der Waals surface area contributed by atoms with Crippen LogP contribution in [0.15, 0.2) is 65.8 Å². The highest BCUT2D eigenvalue weighted by molar-refractivity contribution is 7.92. The van der Waals surface area contributed by atoms with Gasteiger partial charge in [-0.3, -0.25) is 4.72 Å². The largest absolute Gasteiger partial charge is 0.508 e. The Morgan fingerprint density at radius 1 is 1.00 bits per heavy atom. The molecule has 2 aromatic carbocycles. The Kier molecular flexibility index (Phi) is 4.13. The van der Waals surface area contributed by atoms with Gasteiger partial charge in [-0.1, -0.05) is 24.3 Å². The molecule has 24 heavy (non-hydrogen) atoms. The van der Waals surface area contributed by atoms with Gasteiger partial charge in [0, 0.05) is 5.56 Å². The molecule has 3 rings (SSSR count). The van der Waals surface area contributed by atoms with Crippen LogP contribution in [0.4, 0.5) is 10.1 Å². The molecular weight excluding hydrogens is 333 g/mol. The summed E-state index contributed by atoms with van der Waals surface area (Å²) in [7, 11) is -4.07. The molecule has 0 atom stereocenters. The quantitative estimate of drug-likeness (QED) is 0.758. The van der Waals surface area contributed by atoms with Crippen LogP contribution in [0.3, 0.4) is 0 Å². The fourth-order valence-corrected chi connectivity index (χ4v) is 3.16. The molecule has 0 amide bonds. The Morgan fingerprint density at radius 3 is 2.38 bits per heavy atom. The second-order valence-electron chi connectivity index (χ2n) is 4.88. The fraction of sp³-hybridized carbons (Fsp3) is 0. The summed E-state index contributed by atoms with van der Waals surface area (Å²) in [4.78, 5) is 7.64. The normalized spacial score (nSPS) is 11.2. The van der Waals surface area contributed by atoms with Crippen LogP contribution >= 0.6 is 0 Å². The second kappa shape index (κ2) is 6.25. The maximum absolute atomic E-state index is 13.6. The maximum Gasteiger partial charge on any atom is 0.264 e. The minimum Gasteiger partial charge on any atom is -0.508 e. The number of phenolic OH excluding ortho intramolecular Hbond substituents is 1. The first-order valence-corrected chi connectivity index (χ1v) is 8.33. The van der Waals surface area contributed by atoms with Gasteiger partial charge in [0.05, 0.1) is 18.1 Å². The van der Waals surface area contributed by atoms with E-state index in [0.29, 0.717) is 11.4 Å². The zero-order chi connectivity index (χ0) is 17.2. The standard InChI is InChI=1S/C16H12FN3O3S/c17-14-6-1-2-7-15(14)24(22,23)20-12-9-18-16(19-10-12)11-4-3-5-13(21)8-11/h1-10,20-21H. The zero-order valence-corrected chi connectivity index (χ0v) is 13.0. The highest BCUT2D eigenvalue weighted by atomic mass is 32.2. The van der Waals surface area contributed by atoms with E-state index in [9.17, 15) is 17.9 Å². The number of hydrogen-bond donors (Lipinski definition) is 2. The Hall–Kier alpha value is -3.00. The number of aromatic hydroxyl groups is 1. The van der Waals surface area contributed by atoms with Gasteiger partial charge < -0.3 is 5.11 Å². The number of rotatable bonds is 4. The molecule has 0 saturated carbocycles. The predicted octanol–water partition coefficient (Wildman–Crippen LogP) is 2.79. The lowest BCUT2D eigenvalue weighted by atomic mass is 10.2. The summed E-state index contributed by atoms with van der Waals surface area (Å²) >= 11 is 0. The van der Waals surface area contributed by atoms with Gasteiger partial charge >= 0.3 is 0 Å². The monoisotopic (exact) mass is 345 g/mol. The summed E-state index contributed by atoms with van der Waals surface area (Å²) in [6, 6.07) is 11.4. The molecule has 0 unspecified atom stereocenters. The molecular formula is C16H12FN3O3S. The van der Waals surface area contributed by atoms with Gasteiger partial charge in [0.2, 0.25) is 0 Å². The van der Waals surface area contributed by atoms with Gasteiger partial charge in [0.15, 0.2) is 5.82 Å². The molecule has 8 heteroatoms. The Labute approximate surface area is 137 Å². The minimum absolute atomic E-state index is 0.0698. The van der Waals surface area contributed by atoms with Crippen LogP contribution in [0.2, 0.25) is 0 Å². The van der Waals surface area contributed by atoms with E-state index in [1.54, 1.807) is 12.1 Å². The Bertz CT molecular complexity index is 976. The number of aromatic nitrogens is 2. The summed E-state index contributed by atoms with van der Waals surface area (Å²) in [6.45, 7) is 0. The van der Waals surface area contributed by atoms with Crippen molar-refractivity contribution in [1.29, 1.82) is 0 Å². The molecule has 122 valence electrons. The Balaban J connectivity index is 1.85. The SMILES string of the molecule is O=S(=O)(Nc1cnc(-c2cccc(O)c2)nc1)c1ccccc1F. The van der Waals surface area contributed by atoms with Crippen LogP contribution in [0.5, 0.6) is 5.75 Å². The molecule has 2 N–H and O–H groups in total. The van der Waals surface area contributed by atoms with Crippen LogP contribution in [-0.2, 0) is 10.0 Å². The van der Waals surface area contributed by atoms with Gasteiger partial charge in [-0.15, -0.1) is 0 Å². The fourth-order valence-electron chi connectivity index (χ4n) is 2.05. The number of hydrogen-bond acceptors (Lipinski definition) is 5. The van der Waals surface area contributed by atoms with E-state index in [2.05, 4.69) is 14.7 Å². The van der Waals surface area contributed by atoms with E-state index in [4.69, 9.17) is 0 Å². The number of anilines is 1. The van der Waals surface area contributed by atoms with Crippen LogP contribution in [-0.4, -0.2) is 23.5 Å². The molecule has 0 aliphatic carbocycles. The van der Waals surface area contributed by atoms with Gasteiger partial charge in [0.1, 0.15) is 16.5 Å². The highest BCUT2D eigenvalue weighted by Gasteiger charge is 2.18. The molecule has 0 saturated heterocycles. The van der Waals surface area contributed by atoms with E-state index in [-0.39, 0.29) is 11.4 Å². The van der Waals surface area contributed by atoms with Crippen molar-refractivity contribution in [3.8, 4) is 17.1 Å². The molecule has 0 spiro atoms. The van der Waals surface area contributed by atoms with Crippen molar-refractivity contribution < 1.29 is 17.9 Å². The molecule has 1 aromatic heterocycles. The molecule has 0 aliphatic heterocycles. The number of halogens is 1. The molecule has 6 nitrogen and oxygen atoms in total. The second-order valence-corrected chi connectivity index (χ2v) is 6.53. The van der Waals surface area contributed by atoms with Gasteiger partial charge in [-0.2, -0.15) is 0 Å². The van der Waals surface area contributed by atoms with Crippen molar-refractivity contribution in [2.45, 2.75) is 4.90 Å². The Morgan fingerprint density at radius 2 is 1.71 bits per heavy atom. The number of phenols is 1. The van der Waals surface area contributed by atoms with E-state index >= 15 is 0 Å². The van der Waals surface area contributed by atoms with Gasteiger partial charge in [-0.05, 0) is 24.3 Å². The predicted molar refractivity (Wildman–Crippen MR) is 86.3 cm³/mol. The maximum atomic E-state index is 13.6. The summed E-state index contributed by atoms with van der Waals surface area (Å²) in [5.74, 6) is -0.456. The number of sulfonamides is 1. The smallest absolute Gasteiger partial charge is 0.264 e. The summed E-state index contributed by atoms with van der Waals surface area (Å²) in [6.07, 6.45) is 2.54. The summed E-state index contributed by atoms with van der Waals surface area (Å²) in [5, 5.41) is 9.45. The third kappa shape index (κ3) is 3.33. The first-order valence-electron chi connectivity index (χ1n) is 6.84. The van der Waals surface area contributed by atoms with Crippen molar-refractivity contribution >= 4 is 15.7 Å². The van der Waals surface area contributed by atoms with Crippen molar-refractivity contribution in [3.63, 3.8) is 0 Å². The van der Waals surface area contributed by atoms with Crippen LogP contribution < -0.4 is 4.72 Å². The van der Waals surface area contributed by atoms with Gasteiger partial charge in [0.25, 0.3) is 10.0 Å². The average Bonchev–Trinajstić information content (AvgIpc) is 2.55. The van der Waals surface area contributed by atoms with Crippen LogP contribution in [0.1, 0.15) is 0 Å². The molecule has 0 radical (unpaired) electrons. The van der Waals surface area contributed by atoms with Gasteiger partial charge in [-0.25, -0.2) is 22.8 Å². The summed E-state index contributed by atoms with van der Waals surface area (Å²) < 4.78 is 40.2. The lowest BCUT2D eigenvalue weighted by Gasteiger charge is -2.08. The zero-order valence-electron chi connectivity index (χ0n) is 12.2. The van der Waals surface area contributed by atoms with Crippen molar-refractivity contribution in [2.75, 3.05) is 4.72 Å². The number of nitrogens with one attached hydrogen (secondary N) is 1. The van der Waals surface area contributed by atoms with Crippen molar-refractivity contribution in [1.82, 2.24) is 9.97 Å². The van der Waals surface area contributed by atoms with Crippen LogP contribution in [0.25, 0.3) is 11.4 Å². The van der Waals surface area contributed by atoms with E-state index < -0.39 is 20.7 Å². The third-order valence-corrected chi connectivity index (χ3v) is 4.55. The highest BCUT2D eigenvalue weighted by Crippen LogP contribution is 2.21. The molecule has 1 heterocycles. The van der Waals surface area contributed by atoms with Crippen molar-refractivity contribution in [2.24, 2.45) is 0 Å². The summed E-state index contributed by atoms with van der Waals surface area (Å²) in [5.41, 5.74) is 0.681. The number of benzene rings is 2. The number of nitrogens with zero attached hydrogens (tertiary/aromatic N) is 2. The first kappa shape index (κ1) is 15.9. The molecule has 0 fully saturated rings. The molecule has 0 aliphatic rings. The first-order chi connectivity index (χ1) is 11.5. The van der Waals surface area contributed by atoms with E-state index in [1.807, 2.05) is 0 Å². The molecule has 3 aromatic rings.